The van der Waals surface area contributed by atoms with Gasteiger partial charge in [0.05, 0.1) is 22.8 Å². The van der Waals surface area contributed by atoms with Gasteiger partial charge in [-0.15, -0.1) is 0 Å². The van der Waals surface area contributed by atoms with Crippen molar-refractivity contribution in [2.24, 2.45) is 0 Å². The number of aliphatic carboxylic acids is 1. The number of allylic oxidation sites excluding steroid dienone is 4. The Bertz CT molecular complexity index is 1850. The van der Waals surface area contributed by atoms with Gasteiger partial charge in [0.1, 0.15) is 5.78 Å². The third kappa shape index (κ3) is 5.36. The summed E-state index contributed by atoms with van der Waals surface area (Å²) >= 11 is 0. The third-order valence-corrected chi connectivity index (χ3v) is 8.82. The Morgan fingerprint density at radius 2 is 1.17 bits per heavy atom. The zero-order valence-corrected chi connectivity index (χ0v) is 25.7. The summed E-state index contributed by atoms with van der Waals surface area (Å²) in [7, 11) is 0. The van der Waals surface area contributed by atoms with Gasteiger partial charge in [0.2, 0.25) is 0 Å². The summed E-state index contributed by atoms with van der Waals surface area (Å²) in [5, 5.41) is 9.49. The van der Waals surface area contributed by atoms with E-state index < -0.39 is 5.97 Å². The maximum Gasteiger partial charge on any atom is 0.303 e. The van der Waals surface area contributed by atoms with E-state index in [0.29, 0.717) is 19.3 Å². The number of fused-ring (bicyclic) bond motifs is 8. The Morgan fingerprint density at radius 3 is 1.74 bits per heavy atom. The molecule has 7 nitrogen and oxygen atoms in total. The Labute approximate surface area is 246 Å². The van der Waals surface area contributed by atoms with Gasteiger partial charge >= 0.3 is 5.97 Å². The van der Waals surface area contributed by atoms with Crippen molar-refractivity contribution in [2.45, 2.75) is 87.0 Å². The average Bonchev–Trinajstić information content (AvgIpc) is 3.59. The number of aromatic amines is 2. The van der Waals surface area contributed by atoms with Gasteiger partial charge in [-0.2, -0.15) is 0 Å². The second kappa shape index (κ2) is 11.6. The summed E-state index contributed by atoms with van der Waals surface area (Å²) in [6.45, 7) is 14.3. The third-order valence-electron chi connectivity index (χ3n) is 8.82. The van der Waals surface area contributed by atoms with E-state index in [2.05, 4.69) is 62.8 Å². The lowest BCUT2D eigenvalue weighted by atomic mass is 9.99. The summed E-state index contributed by atoms with van der Waals surface area (Å²) in [5.74, 6) is -0.697. The molecule has 3 aromatic rings. The van der Waals surface area contributed by atoms with Crippen molar-refractivity contribution in [3.05, 3.63) is 69.3 Å². The standard InChI is InChI=1S/C35H40N4O3/c1-8-23-19(4)27-14-28-21(6)25(11-10-18(3)40)33(38-28)17-34-26(12-13-35(41)42)22(7)30(39-34)16-32-24(9-2)20(5)29(37-32)15-31(23)36-27/h14-17,36,39H,8-13H2,1-7H3,(H,41,42). The van der Waals surface area contributed by atoms with Crippen LogP contribution in [0.4, 0.5) is 0 Å². The summed E-state index contributed by atoms with van der Waals surface area (Å²) in [6, 6.07) is 8.40. The summed E-state index contributed by atoms with van der Waals surface area (Å²) in [5.41, 5.74) is 16.3. The monoisotopic (exact) mass is 564 g/mol. The number of rotatable bonds is 8. The average molecular weight is 565 g/mol. The molecule has 0 fully saturated rings. The minimum atomic E-state index is -0.833. The van der Waals surface area contributed by atoms with Gasteiger partial charge in [0.25, 0.3) is 0 Å². The van der Waals surface area contributed by atoms with Crippen LogP contribution in [0.3, 0.4) is 0 Å². The van der Waals surface area contributed by atoms with Crippen LogP contribution in [0, 0.1) is 13.8 Å². The molecule has 2 aliphatic rings. The van der Waals surface area contributed by atoms with Gasteiger partial charge < -0.3 is 19.9 Å². The lowest BCUT2D eigenvalue weighted by Gasteiger charge is -2.03. The SMILES string of the molecule is CCC1=C(C)c2cc3[nH]c(cc4nc(cc5[nH]c(cc1n2)c(C)c5CCC(=O)O)C(CCC(C)=O)=C4C)c(C)c3CC. The van der Waals surface area contributed by atoms with Crippen LogP contribution in [0.1, 0.15) is 105 Å². The molecule has 3 aromatic heterocycles. The highest BCUT2D eigenvalue weighted by molar-refractivity contribution is 5.95. The molecule has 0 unspecified atom stereocenters. The van der Waals surface area contributed by atoms with E-state index >= 15 is 0 Å². The number of Topliss-reactive ketones (excluding diaryl/α,β-unsaturated/α-hetero) is 1. The number of carboxylic acids is 1. The van der Waals surface area contributed by atoms with Gasteiger partial charge in [0, 0.05) is 34.9 Å². The van der Waals surface area contributed by atoms with E-state index in [9.17, 15) is 14.7 Å². The molecular formula is C35H40N4O3. The van der Waals surface area contributed by atoms with Crippen molar-refractivity contribution in [2.75, 3.05) is 0 Å². The Hall–Kier alpha value is -4.26. The Kier molecular flexibility index (Phi) is 8.04. The molecule has 0 saturated carbocycles. The molecule has 0 spiro atoms. The maximum absolute atomic E-state index is 12.0. The molecular weight excluding hydrogens is 524 g/mol. The smallest absolute Gasteiger partial charge is 0.303 e. The van der Waals surface area contributed by atoms with E-state index in [0.717, 1.165) is 80.0 Å². The second-order valence-corrected chi connectivity index (χ2v) is 11.5. The van der Waals surface area contributed by atoms with Gasteiger partial charge in [-0.1, -0.05) is 13.8 Å². The van der Waals surface area contributed by atoms with Crippen LogP contribution >= 0.6 is 0 Å². The number of carbonyl (C=O) groups excluding carboxylic acids is 1. The molecule has 42 heavy (non-hydrogen) atoms. The molecule has 0 aliphatic carbocycles. The fraction of sp³-hybridized carbons (Fsp3) is 0.371. The van der Waals surface area contributed by atoms with Crippen molar-refractivity contribution in [1.82, 2.24) is 19.9 Å². The molecule has 0 aromatic carbocycles. The number of aryl methyl sites for hydroxylation is 4. The molecule has 0 saturated heterocycles. The number of aromatic nitrogens is 4. The van der Waals surface area contributed by atoms with Gasteiger partial charge in [-0.25, -0.2) is 9.97 Å². The van der Waals surface area contributed by atoms with Gasteiger partial charge in [-0.05, 0) is 129 Å². The van der Waals surface area contributed by atoms with Crippen molar-refractivity contribution >= 4 is 56.1 Å². The number of nitrogens with zero attached hydrogens (tertiary/aromatic N) is 2. The van der Waals surface area contributed by atoms with Crippen molar-refractivity contribution in [3.8, 4) is 0 Å². The maximum atomic E-state index is 12.0. The number of hydrogen-bond acceptors (Lipinski definition) is 4. The highest BCUT2D eigenvalue weighted by Gasteiger charge is 2.21. The molecule has 5 heterocycles. The van der Waals surface area contributed by atoms with Crippen LogP contribution in [0.25, 0.3) is 44.4 Å². The predicted octanol–water partition coefficient (Wildman–Crippen LogP) is 8.15. The van der Waals surface area contributed by atoms with E-state index in [4.69, 9.17) is 9.97 Å². The molecule has 0 radical (unpaired) electrons. The minimum Gasteiger partial charge on any atom is -0.481 e. The van der Waals surface area contributed by atoms with E-state index in [1.165, 1.54) is 22.3 Å². The Morgan fingerprint density at radius 1 is 0.667 bits per heavy atom. The number of hydrogen-bond donors (Lipinski definition) is 3. The fourth-order valence-electron chi connectivity index (χ4n) is 6.29. The van der Waals surface area contributed by atoms with E-state index in [1.54, 1.807) is 6.92 Å². The first-order valence-corrected chi connectivity index (χ1v) is 14.9. The lowest BCUT2D eigenvalue weighted by Crippen LogP contribution is -1.98. The molecule has 5 rings (SSSR count). The molecule has 218 valence electrons. The van der Waals surface area contributed by atoms with E-state index in [-0.39, 0.29) is 12.2 Å². The van der Waals surface area contributed by atoms with Crippen LogP contribution in [0.2, 0.25) is 0 Å². The number of ketones is 1. The first kappa shape index (κ1) is 29.2. The van der Waals surface area contributed by atoms with Crippen molar-refractivity contribution in [3.63, 3.8) is 0 Å². The number of H-pyrrole nitrogens is 2. The second-order valence-electron chi connectivity index (χ2n) is 11.5. The highest BCUT2D eigenvalue weighted by atomic mass is 16.4. The summed E-state index contributed by atoms with van der Waals surface area (Å²) in [4.78, 5) is 41.0. The quantitative estimate of drug-likeness (QED) is 0.256. The van der Waals surface area contributed by atoms with Crippen LogP contribution in [0.15, 0.2) is 24.3 Å². The largest absolute Gasteiger partial charge is 0.481 e. The molecule has 0 atom stereocenters. The lowest BCUT2D eigenvalue weighted by molar-refractivity contribution is -0.137. The van der Waals surface area contributed by atoms with Crippen LogP contribution in [-0.2, 0) is 22.4 Å². The molecule has 8 bridgehead atoms. The van der Waals surface area contributed by atoms with Gasteiger partial charge in [0.15, 0.2) is 0 Å². The van der Waals surface area contributed by atoms with Crippen molar-refractivity contribution in [1.29, 1.82) is 0 Å². The summed E-state index contributed by atoms with van der Waals surface area (Å²) in [6.07, 6.45) is 3.21. The molecule has 7 heteroatoms. The highest BCUT2D eigenvalue weighted by Crippen LogP contribution is 2.36. The summed E-state index contributed by atoms with van der Waals surface area (Å²) < 4.78 is 0. The molecule has 3 N–H and O–H groups in total. The van der Waals surface area contributed by atoms with Crippen molar-refractivity contribution < 1.29 is 14.7 Å². The van der Waals surface area contributed by atoms with E-state index in [1.807, 2.05) is 13.0 Å². The number of carbonyl (C=O) groups is 2. The zero-order chi connectivity index (χ0) is 30.3. The Balaban J connectivity index is 1.93. The normalized spacial score (nSPS) is 13.3. The van der Waals surface area contributed by atoms with Crippen LogP contribution in [0.5, 0.6) is 0 Å². The minimum absolute atomic E-state index is 0.0314. The first-order chi connectivity index (χ1) is 20.0. The molecule has 0 amide bonds. The predicted molar refractivity (Wildman–Crippen MR) is 171 cm³/mol. The number of nitrogens with one attached hydrogen (secondary N) is 2. The van der Waals surface area contributed by atoms with Gasteiger partial charge in [-0.3, -0.25) is 4.79 Å². The topological polar surface area (TPSA) is 112 Å². The first-order valence-electron chi connectivity index (χ1n) is 14.9. The molecule has 2 aliphatic heterocycles. The number of carboxylic acid groups (broad SMARTS) is 1. The zero-order valence-electron chi connectivity index (χ0n) is 25.7. The van der Waals surface area contributed by atoms with Crippen LogP contribution in [-0.4, -0.2) is 36.8 Å². The van der Waals surface area contributed by atoms with Crippen LogP contribution < -0.4 is 0 Å². The fourth-order valence-corrected chi connectivity index (χ4v) is 6.29.